The van der Waals surface area contributed by atoms with Crippen LogP contribution in [0.3, 0.4) is 0 Å². The lowest BCUT2D eigenvalue weighted by atomic mass is 10.1. The van der Waals surface area contributed by atoms with Crippen LogP contribution in [0.2, 0.25) is 0 Å². The number of halogens is 1. The number of benzene rings is 2. The molecule has 1 fully saturated rings. The lowest BCUT2D eigenvalue weighted by molar-refractivity contribution is 0.174. The molecule has 0 saturated carbocycles. The quantitative estimate of drug-likeness (QED) is 0.705. The van der Waals surface area contributed by atoms with Crippen LogP contribution in [0.4, 0.5) is 10.3 Å². The van der Waals surface area contributed by atoms with Gasteiger partial charge in [0.2, 0.25) is 12.7 Å². The number of ether oxygens (including phenoxy) is 2. The van der Waals surface area contributed by atoms with E-state index in [0.29, 0.717) is 12.8 Å². The molecule has 3 aromatic rings. The summed E-state index contributed by atoms with van der Waals surface area (Å²) in [6.45, 7) is 4.84. The molecule has 5 rings (SSSR count). The Morgan fingerprint density at radius 1 is 1.07 bits per heavy atom. The number of fused-ring (bicyclic) bond motifs is 2. The summed E-state index contributed by atoms with van der Waals surface area (Å²) in [5.74, 6) is 2.12. The first-order valence-corrected chi connectivity index (χ1v) is 10.5. The Bertz CT molecular complexity index is 1070. The summed E-state index contributed by atoms with van der Waals surface area (Å²) in [7, 11) is 0. The summed E-state index contributed by atoms with van der Waals surface area (Å²) >= 11 is 0. The maximum Gasteiger partial charge on any atom is 0.231 e. The van der Waals surface area contributed by atoms with Crippen LogP contribution in [0.15, 0.2) is 36.4 Å². The molecule has 30 heavy (non-hydrogen) atoms. The fourth-order valence-electron chi connectivity index (χ4n) is 4.19. The summed E-state index contributed by atoms with van der Waals surface area (Å²) in [6.07, 6.45) is 3.20. The number of rotatable bonds is 4. The van der Waals surface area contributed by atoms with Crippen LogP contribution in [-0.4, -0.2) is 35.9 Å². The Morgan fingerprint density at radius 3 is 2.90 bits per heavy atom. The third-order valence-electron chi connectivity index (χ3n) is 5.88. The Hall–Kier alpha value is -2.93. The predicted octanol–water partition coefficient (Wildman–Crippen LogP) is 3.95. The molecule has 6 nitrogen and oxygen atoms in total. The number of nitrogens with zero attached hydrogens (tertiary/aromatic N) is 3. The molecular weight excluding hydrogens is 383 g/mol. The molecule has 0 aliphatic carbocycles. The van der Waals surface area contributed by atoms with E-state index in [1.54, 1.807) is 6.07 Å². The SMILES string of the molecule is Cc1nc(N2CCC[C@H](NCc3ccc4c(c3)OCO4)CC2)nc2ccc(F)cc12. The van der Waals surface area contributed by atoms with Crippen LogP contribution in [0.1, 0.15) is 30.5 Å². The fourth-order valence-corrected chi connectivity index (χ4v) is 4.19. The molecule has 7 heteroatoms. The molecule has 2 aromatic carbocycles. The van der Waals surface area contributed by atoms with Crippen molar-refractivity contribution < 1.29 is 13.9 Å². The highest BCUT2D eigenvalue weighted by Crippen LogP contribution is 2.32. The normalized spacial score (nSPS) is 18.6. The van der Waals surface area contributed by atoms with Crippen molar-refractivity contribution in [1.29, 1.82) is 0 Å². The summed E-state index contributed by atoms with van der Waals surface area (Å²) in [5.41, 5.74) is 2.80. The maximum atomic E-state index is 13.5. The average Bonchev–Trinajstić information content (AvgIpc) is 3.09. The molecular formula is C23H25FN4O2. The largest absolute Gasteiger partial charge is 0.454 e. The second-order valence-electron chi connectivity index (χ2n) is 7.95. The molecule has 156 valence electrons. The minimum atomic E-state index is -0.256. The van der Waals surface area contributed by atoms with Crippen molar-refractivity contribution in [2.45, 2.75) is 38.8 Å². The zero-order chi connectivity index (χ0) is 20.5. The standard InChI is InChI=1S/C23H25FN4O2/c1-15-19-12-17(24)5-6-20(19)27-23(26-15)28-9-2-3-18(8-10-28)25-13-16-4-7-21-22(11-16)30-14-29-21/h4-7,11-12,18,25H,2-3,8-10,13-14H2,1H3/t18-/m0/s1. The molecule has 2 aliphatic heterocycles. The van der Waals surface area contributed by atoms with Gasteiger partial charge in [0.1, 0.15) is 5.82 Å². The van der Waals surface area contributed by atoms with Crippen LogP contribution < -0.4 is 19.7 Å². The minimum absolute atomic E-state index is 0.256. The highest BCUT2D eigenvalue weighted by Gasteiger charge is 2.20. The molecule has 2 aliphatic rings. The molecule has 0 bridgehead atoms. The van der Waals surface area contributed by atoms with E-state index < -0.39 is 0 Å². The van der Waals surface area contributed by atoms with Crippen molar-refractivity contribution >= 4 is 16.9 Å². The number of anilines is 1. The highest BCUT2D eigenvalue weighted by atomic mass is 19.1. The zero-order valence-corrected chi connectivity index (χ0v) is 17.0. The third kappa shape index (κ3) is 3.89. The highest BCUT2D eigenvalue weighted by molar-refractivity contribution is 5.81. The molecule has 1 N–H and O–H groups in total. The van der Waals surface area contributed by atoms with Crippen molar-refractivity contribution in [3.05, 3.63) is 53.5 Å². The monoisotopic (exact) mass is 408 g/mol. The van der Waals surface area contributed by atoms with Crippen molar-refractivity contribution in [1.82, 2.24) is 15.3 Å². The Balaban J connectivity index is 1.23. The molecule has 1 aromatic heterocycles. The lowest BCUT2D eigenvalue weighted by Gasteiger charge is -2.21. The predicted molar refractivity (Wildman–Crippen MR) is 113 cm³/mol. The van der Waals surface area contributed by atoms with E-state index in [-0.39, 0.29) is 5.82 Å². The molecule has 1 saturated heterocycles. The van der Waals surface area contributed by atoms with Gasteiger partial charge in [0.15, 0.2) is 11.5 Å². The molecule has 3 heterocycles. The van der Waals surface area contributed by atoms with Crippen molar-refractivity contribution in [2.75, 3.05) is 24.8 Å². The smallest absolute Gasteiger partial charge is 0.231 e. The Labute approximate surface area is 175 Å². The van der Waals surface area contributed by atoms with Gasteiger partial charge in [-0.25, -0.2) is 14.4 Å². The second kappa shape index (κ2) is 8.07. The van der Waals surface area contributed by atoms with E-state index in [0.717, 1.165) is 72.9 Å². The summed E-state index contributed by atoms with van der Waals surface area (Å²) in [4.78, 5) is 11.6. The number of aromatic nitrogens is 2. The summed E-state index contributed by atoms with van der Waals surface area (Å²) in [6, 6.07) is 11.2. The van der Waals surface area contributed by atoms with E-state index in [2.05, 4.69) is 21.3 Å². The number of aryl methyl sites for hydroxylation is 1. The first-order valence-electron chi connectivity index (χ1n) is 10.5. The van der Waals surface area contributed by atoms with Gasteiger partial charge in [-0.2, -0.15) is 0 Å². The van der Waals surface area contributed by atoms with E-state index >= 15 is 0 Å². The number of hydrogen-bond acceptors (Lipinski definition) is 6. The van der Waals surface area contributed by atoms with Crippen molar-refractivity contribution in [3.8, 4) is 11.5 Å². The Morgan fingerprint density at radius 2 is 1.97 bits per heavy atom. The maximum absolute atomic E-state index is 13.5. The van der Waals surface area contributed by atoms with E-state index in [4.69, 9.17) is 14.5 Å². The van der Waals surface area contributed by atoms with Gasteiger partial charge in [0.25, 0.3) is 0 Å². The number of hydrogen-bond donors (Lipinski definition) is 1. The van der Waals surface area contributed by atoms with Crippen LogP contribution in [0.25, 0.3) is 10.9 Å². The summed E-state index contributed by atoms with van der Waals surface area (Å²) in [5, 5.41) is 4.46. The fraction of sp³-hybridized carbons (Fsp3) is 0.391. The zero-order valence-electron chi connectivity index (χ0n) is 17.0. The van der Waals surface area contributed by atoms with Gasteiger partial charge in [0, 0.05) is 31.1 Å². The third-order valence-corrected chi connectivity index (χ3v) is 5.88. The average molecular weight is 408 g/mol. The molecule has 1 atom stereocenters. The van der Waals surface area contributed by atoms with Crippen LogP contribution in [-0.2, 0) is 6.54 Å². The van der Waals surface area contributed by atoms with Crippen LogP contribution in [0.5, 0.6) is 11.5 Å². The van der Waals surface area contributed by atoms with Gasteiger partial charge in [0.05, 0.1) is 11.2 Å². The number of nitrogens with one attached hydrogen (secondary N) is 1. The van der Waals surface area contributed by atoms with E-state index in [9.17, 15) is 4.39 Å². The minimum Gasteiger partial charge on any atom is -0.454 e. The molecule has 0 radical (unpaired) electrons. The second-order valence-corrected chi connectivity index (χ2v) is 7.95. The lowest BCUT2D eigenvalue weighted by Crippen LogP contribution is -2.31. The van der Waals surface area contributed by atoms with Gasteiger partial charge in [-0.05, 0) is 62.1 Å². The first-order chi connectivity index (χ1) is 14.7. The van der Waals surface area contributed by atoms with E-state index in [1.165, 1.54) is 17.7 Å². The van der Waals surface area contributed by atoms with Crippen LogP contribution in [0, 0.1) is 12.7 Å². The Kier molecular flexibility index (Phi) is 5.12. The first kappa shape index (κ1) is 19.1. The van der Waals surface area contributed by atoms with Gasteiger partial charge in [-0.3, -0.25) is 0 Å². The molecule has 0 spiro atoms. The van der Waals surface area contributed by atoms with E-state index in [1.807, 2.05) is 19.1 Å². The molecule has 0 unspecified atom stereocenters. The topological polar surface area (TPSA) is 59.5 Å². The van der Waals surface area contributed by atoms with Gasteiger partial charge in [-0.15, -0.1) is 0 Å². The molecule has 0 amide bonds. The van der Waals surface area contributed by atoms with Gasteiger partial charge < -0.3 is 19.7 Å². The van der Waals surface area contributed by atoms with Gasteiger partial charge in [-0.1, -0.05) is 6.07 Å². The summed E-state index contributed by atoms with van der Waals surface area (Å²) < 4.78 is 24.4. The van der Waals surface area contributed by atoms with Crippen LogP contribution >= 0.6 is 0 Å². The van der Waals surface area contributed by atoms with Crippen molar-refractivity contribution in [2.24, 2.45) is 0 Å². The van der Waals surface area contributed by atoms with Crippen molar-refractivity contribution in [3.63, 3.8) is 0 Å². The van der Waals surface area contributed by atoms with Gasteiger partial charge >= 0.3 is 0 Å².